The summed E-state index contributed by atoms with van der Waals surface area (Å²) in [4.78, 5) is 13.4. The van der Waals surface area contributed by atoms with E-state index in [2.05, 4.69) is 11.4 Å². The first-order valence-corrected chi connectivity index (χ1v) is 9.63. The normalized spacial score (nSPS) is 11.0. The topological polar surface area (TPSA) is 87.0 Å². The fourth-order valence-electron chi connectivity index (χ4n) is 2.36. The van der Waals surface area contributed by atoms with Crippen LogP contribution in [-0.4, -0.2) is 20.6 Å². The second kappa shape index (κ2) is 6.52. The van der Waals surface area contributed by atoms with Gasteiger partial charge in [0.25, 0.3) is 5.91 Å². The lowest BCUT2D eigenvalue weighted by molar-refractivity contribution is 0.102. The largest absolute Gasteiger partial charge is 0.312 e. The maximum Gasteiger partial charge on any atom is 0.257 e. The smallest absolute Gasteiger partial charge is 0.257 e. The van der Waals surface area contributed by atoms with Crippen LogP contribution in [0.25, 0.3) is 0 Å². The third kappa shape index (κ3) is 3.44. The molecule has 0 aliphatic carbocycles. The van der Waals surface area contributed by atoms with Gasteiger partial charge in [0.15, 0.2) is 9.84 Å². The van der Waals surface area contributed by atoms with E-state index in [9.17, 15) is 18.5 Å². The molecule has 5 nitrogen and oxygen atoms in total. The summed E-state index contributed by atoms with van der Waals surface area (Å²) in [6, 6.07) is 8.14. The van der Waals surface area contributed by atoms with Gasteiger partial charge >= 0.3 is 0 Å². The summed E-state index contributed by atoms with van der Waals surface area (Å²) in [6.45, 7) is 3.84. The zero-order valence-corrected chi connectivity index (χ0v) is 14.6. The summed E-state index contributed by atoms with van der Waals surface area (Å²) in [5.74, 6) is -0.536. The van der Waals surface area contributed by atoms with Crippen molar-refractivity contribution >= 4 is 32.1 Å². The number of nitriles is 1. The molecule has 7 heteroatoms. The van der Waals surface area contributed by atoms with Crippen molar-refractivity contribution in [2.75, 3.05) is 11.6 Å². The van der Waals surface area contributed by atoms with Crippen LogP contribution in [0.4, 0.5) is 5.00 Å². The van der Waals surface area contributed by atoms with E-state index in [1.54, 1.807) is 12.1 Å². The van der Waals surface area contributed by atoms with Gasteiger partial charge in [0.2, 0.25) is 0 Å². The second-order valence-corrected chi connectivity index (χ2v) is 8.24. The number of amides is 1. The summed E-state index contributed by atoms with van der Waals surface area (Å²) in [5.41, 5.74) is 1.42. The fourth-order valence-corrected chi connectivity index (χ4v) is 4.34. The van der Waals surface area contributed by atoms with Gasteiger partial charge in [0, 0.05) is 11.1 Å². The summed E-state index contributed by atoms with van der Waals surface area (Å²) < 4.78 is 23.6. The van der Waals surface area contributed by atoms with Crippen LogP contribution in [-0.2, 0) is 16.3 Å². The van der Waals surface area contributed by atoms with Gasteiger partial charge in [-0.15, -0.1) is 11.3 Å². The second-order valence-electron chi connectivity index (χ2n) is 5.03. The molecule has 0 atom stereocenters. The van der Waals surface area contributed by atoms with Crippen molar-refractivity contribution in [1.29, 1.82) is 5.26 Å². The number of carbonyl (C=O) groups is 1. The van der Waals surface area contributed by atoms with Crippen molar-refractivity contribution in [1.82, 2.24) is 0 Å². The van der Waals surface area contributed by atoms with Crippen LogP contribution in [0, 0.1) is 18.3 Å². The number of sulfone groups is 1. The monoisotopic (exact) mass is 348 g/mol. The summed E-state index contributed by atoms with van der Waals surface area (Å²) >= 11 is 1.32. The van der Waals surface area contributed by atoms with Crippen LogP contribution in [0.5, 0.6) is 0 Å². The van der Waals surface area contributed by atoms with Crippen LogP contribution >= 0.6 is 11.3 Å². The molecule has 0 aliphatic heterocycles. The predicted molar refractivity (Wildman–Crippen MR) is 90.7 cm³/mol. The number of nitrogens with zero attached hydrogens (tertiary/aromatic N) is 1. The Hall–Kier alpha value is -2.17. The van der Waals surface area contributed by atoms with Crippen molar-refractivity contribution in [2.24, 2.45) is 0 Å². The number of thiophene rings is 1. The van der Waals surface area contributed by atoms with Crippen LogP contribution in [0.2, 0.25) is 0 Å². The minimum absolute atomic E-state index is 0.0278. The SMILES string of the molecule is CCc1c(C)sc(NC(=O)c2ccccc2S(C)(=O)=O)c1C#N. The quantitative estimate of drug-likeness (QED) is 0.919. The molecule has 0 spiro atoms. The molecule has 2 aromatic rings. The highest BCUT2D eigenvalue weighted by atomic mass is 32.2. The summed E-state index contributed by atoms with van der Waals surface area (Å²) in [5, 5.41) is 12.5. The Morgan fingerprint density at radius 2 is 2.00 bits per heavy atom. The molecule has 0 radical (unpaired) electrons. The molecule has 0 saturated heterocycles. The van der Waals surface area contributed by atoms with Crippen molar-refractivity contribution in [3.05, 3.63) is 45.8 Å². The lowest BCUT2D eigenvalue weighted by atomic mass is 10.1. The standard InChI is InChI=1S/C16H16N2O3S2/c1-4-11-10(2)22-16(13(11)9-17)18-15(19)12-7-5-6-8-14(12)23(3,20)21/h5-8H,4H2,1-3H3,(H,18,19). The first kappa shape index (κ1) is 17.2. The molecule has 1 aromatic carbocycles. The molecule has 0 aliphatic rings. The Bertz CT molecular complexity index is 906. The van der Waals surface area contributed by atoms with E-state index in [-0.39, 0.29) is 10.5 Å². The van der Waals surface area contributed by atoms with Crippen molar-refractivity contribution in [3.8, 4) is 6.07 Å². The lowest BCUT2D eigenvalue weighted by Crippen LogP contribution is -2.16. The zero-order chi connectivity index (χ0) is 17.2. The molecule has 0 bridgehead atoms. The Kier molecular flexibility index (Phi) is 4.88. The Labute approximate surface area is 139 Å². The lowest BCUT2D eigenvalue weighted by Gasteiger charge is -2.08. The van der Waals surface area contributed by atoms with E-state index < -0.39 is 15.7 Å². The van der Waals surface area contributed by atoms with E-state index >= 15 is 0 Å². The molecule has 1 N–H and O–H groups in total. The number of hydrogen-bond acceptors (Lipinski definition) is 5. The van der Waals surface area contributed by atoms with E-state index in [0.717, 1.165) is 16.7 Å². The van der Waals surface area contributed by atoms with E-state index in [1.807, 2.05) is 13.8 Å². The van der Waals surface area contributed by atoms with Crippen LogP contribution in [0.3, 0.4) is 0 Å². The van der Waals surface area contributed by atoms with Crippen molar-refractivity contribution in [2.45, 2.75) is 25.2 Å². The number of rotatable bonds is 4. The number of anilines is 1. The third-order valence-electron chi connectivity index (χ3n) is 3.43. The number of carbonyl (C=O) groups excluding carboxylic acids is 1. The molecule has 120 valence electrons. The highest BCUT2D eigenvalue weighted by Crippen LogP contribution is 2.33. The molecule has 0 unspecified atom stereocenters. The van der Waals surface area contributed by atoms with Gasteiger partial charge in [0.05, 0.1) is 16.0 Å². The van der Waals surface area contributed by atoms with Gasteiger partial charge in [-0.3, -0.25) is 4.79 Å². The van der Waals surface area contributed by atoms with E-state index in [1.165, 1.54) is 23.5 Å². The molecule has 2 rings (SSSR count). The number of nitrogens with one attached hydrogen (secondary N) is 1. The Morgan fingerprint density at radius 1 is 1.35 bits per heavy atom. The van der Waals surface area contributed by atoms with Crippen molar-refractivity contribution in [3.63, 3.8) is 0 Å². The van der Waals surface area contributed by atoms with Gasteiger partial charge in [-0.1, -0.05) is 19.1 Å². The first-order chi connectivity index (χ1) is 10.8. The Morgan fingerprint density at radius 3 is 2.57 bits per heavy atom. The van der Waals surface area contributed by atoms with Crippen LogP contribution in [0.15, 0.2) is 29.2 Å². The molecular formula is C16H16N2O3S2. The summed E-state index contributed by atoms with van der Waals surface area (Å²) in [7, 11) is -3.52. The molecule has 0 saturated carbocycles. The van der Waals surface area contributed by atoms with E-state index in [0.29, 0.717) is 17.0 Å². The Balaban J connectivity index is 2.45. The van der Waals surface area contributed by atoms with Gasteiger partial charge in [-0.2, -0.15) is 5.26 Å². The van der Waals surface area contributed by atoms with Gasteiger partial charge < -0.3 is 5.32 Å². The highest BCUT2D eigenvalue weighted by Gasteiger charge is 2.21. The first-order valence-electron chi connectivity index (χ1n) is 6.92. The predicted octanol–water partition coefficient (Wildman–Crippen LogP) is 3.15. The molecule has 1 aromatic heterocycles. The van der Waals surface area contributed by atoms with Crippen LogP contribution < -0.4 is 5.32 Å². The zero-order valence-electron chi connectivity index (χ0n) is 13.0. The third-order valence-corrected chi connectivity index (χ3v) is 5.65. The van der Waals surface area contributed by atoms with Gasteiger partial charge in [-0.05, 0) is 31.0 Å². The number of hydrogen-bond donors (Lipinski definition) is 1. The van der Waals surface area contributed by atoms with E-state index in [4.69, 9.17) is 0 Å². The summed E-state index contributed by atoms with van der Waals surface area (Å²) in [6.07, 6.45) is 1.76. The minimum atomic E-state index is -3.52. The number of benzene rings is 1. The van der Waals surface area contributed by atoms with Crippen molar-refractivity contribution < 1.29 is 13.2 Å². The molecule has 1 amide bonds. The fraction of sp³-hybridized carbons (Fsp3) is 0.250. The highest BCUT2D eigenvalue weighted by molar-refractivity contribution is 7.90. The number of aryl methyl sites for hydroxylation is 1. The molecular weight excluding hydrogens is 332 g/mol. The van der Waals surface area contributed by atoms with Crippen LogP contribution in [0.1, 0.15) is 33.3 Å². The minimum Gasteiger partial charge on any atom is -0.312 e. The molecule has 0 fully saturated rings. The van der Waals surface area contributed by atoms with Gasteiger partial charge in [0.1, 0.15) is 11.1 Å². The molecule has 23 heavy (non-hydrogen) atoms. The maximum atomic E-state index is 12.5. The average Bonchev–Trinajstić information content (AvgIpc) is 2.80. The average molecular weight is 348 g/mol. The maximum absolute atomic E-state index is 12.5. The molecule has 1 heterocycles. The van der Waals surface area contributed by atoms with Gasteiger partial charge in [-0.25, -0.2) is 8.42 Å².